The second kappa shape index (κ2) is 9.60. The average Bonchev–Trinajstić information content (AvgIpc) is 2.63. The second-order valence-corrected chi connectivity index (χ2v) is 8.59. The van der Waals surface area contributed by atoms with E-state index in [0.29, 0.717) is 18.8 Å². The number of anilines is 2. The Kier molecular flexibility index (Phi) is 7.45. The van der Waals surface area contributed by atoms with Gasteiger partial charge < -0.3 is 20.7 Å². The number of hydrazone groups is 1. The summed E-state index contributed by atoms with van der Waals surface area (Å²) in [7, 11) is 0. The van der Waals surface area contributed by atoms with Crippen LogP contribution in [0.25, 0.3) is 0 Å². The highest BCUT2D eigenvalue weighted by molar-refractivity contribution is 9.10. The topological polar surface area (TPSA) is 140 Å². The molecule has 0 aliphatic carbocycles. The van der Waals surface area contributed by atoms with Gasteiger partial charge in [-0.25, -0.2) is 4.79 Å². The summed E-state index contributed by atoms with van der Waals surface area (Å²) in [4.78, 5) is 13.9. The normalized spacial score (nSPS) is 15.4. The first-order valence-electron chi connectivity index (χ1n) is 9.21. The lowest BCUT2D eigenvalue weighted by Crippen LogP contribution is -2.44. The molecule has 1 aromatic carbocycles. The summed E-state index contributed by atoms with van der Waals surface area (Å²) in [5.41, 5.74) is 8.86. The minimum atomic E-state index is -0.507. The van der Waals surface area contributed by atoms with E-state index in [0.717, 1.165) is 23.0 Å². The summed E-state index contributed by atoms with van der Waals surface area (Å²) >= 11 is 3.42. The average molecular weight is 464 g/mol. The number of hydrogen-bond donors (Lipinski definition) is 4. The number of ether oxygens (including phenoxy) is 1. The third-order valence-corrected chi connectivity index (χ3v) is 4.63. The standard InChI is InChI=1S/C19H26BrN7O2/c1-19(2,3)29-18(28)27-8-6-13(7-9-27)24-14-5-4-12(20)10-15(14)25-26-16(11-21)17(22)23/h4-5,10,13,24-25H,6-9H2,1-3H3,(H3,22,23)/b26-16+. The van der Waals surface area contributed by atoms with E-state index in [9.17, 15) is 4.79 Å². The lowest BCUT2D eigenvalue weighted by Gasteiger charge is -2.34. The number of amidine groups is 1. The Morgan fingerprint density at radius 1 is 1.38 bits per heavy atom. The van der Waals surface area contributed by atoms with Crippen molar-refractivity contribution < 1.29 is 9.53 Å². The van der Waals surface area contributed by atoms with Crippen molar-refractivity contribution in [2.45, 2.75) is 45.3 Å². The van der Waals surface area contributed by atoms with Crippen LogP contribution in [0.4, 0.5) is 16.2 Å². The van der Waals surface area contributed by atoms with Crippen LogP contribution >= 0.6 is 15.9 Å². The maximum atomic E-state index is 12.2. The van der Waals surface area contributed by atoms with Gasteiger partial charge in [0.25, 0.3) is 0 Å². The molecule has 2 rings (SSSR count). The number of carbonyl (C=O) groups is 1. The third-order valence-electron chi connectivity index (χ3n) is 4.14. The summed E-state index contributed by atoms with van der Waals surface area (Å²) in [5, 5.41) is 23.7. The van der Waals surface area contributed by atoms with Crippen LogP contribution in [0.1, 0.15) is 33.6 Å². The van der Waals surface area contributed by atoms with Crippen LogP contribution in [0, 0.1) is 16.7 Å². The number of hydrogen-bond acceptors (Lipinski definition) is 7. The first kappa shape index (κ1) is 22.5. The quantitative estimate of drug-likeness (QED) is 0.299. The number of likely N-dealkylation sites (tertiary alicyclic amines) is 1. The van der Waals surface area contributed by atoms with Gasteiger partial charge in [0.05, 0.1) is 11.4 Å². The molecular weight excluding hydrogens is 438 g/mol. The van der Waals surface area contributed by atoms with Crippen LogP contribution in [0.15, 0.2) is 27.8 Å². The summed E-state index contributed by atoms with van der Waals surface area (Å²) in [6.45, 7) is 6.77. The zero-order valence-corrected chi connectivity index (χ0v) is 18.3. The fourth-order valence-electron chi connectivity index (χ4n) is 2.75. The van der Waals surface area contributed by atoms with Gasteiger partial charge in [-0.1, -0.05) is 15.9 Å². The predicted molar refractivity (Wildman–Crippen MR) is 117 cm³/mol. The number of rotatable bonds is 5. The zero-order chi connectivity index (χ0) is 21.6. The van der Waals surface area contributed by atoms with Crippen LogP contribution in [-0.2, 0) is 4.74 Å². The minimum absolute atomic E-state index is 0.169. The fourth-order valence-corrected chi connectivity index (χ4v) is 3.11. The summed E-state index contributed by atoms with van der Waals surface area (Å²) in [6.07, 6.45) is 1.26. The smallest absolute Gasteiger partial charge is 0.410 e. The van der Waals surface area contributed by atoms with Crippen LogP contribution in [0.5, 0.6) is 0 Å². The minimum Gasteiger partial charge on any atom is -0.444 e. The lowest BCUT2D eigenvalue weighted by molar-refractivity contribution is 0.0210. The molecule has 0 radical (unpaired) electrons. The van der Waals surface area contributed by atoms with E-state index in [-0.39, 0.29) is 17.8 Å². The predicted octanol–water partition coefficient (Wildman–Crippen LogP) is 3.49. The van der Waals surface area contributed by atoms with E-state index < -0.39 is 11.4 Å². The largest absolute Gasteiger partial charge is 0.444 e. The lowest BCUT2D eigenvalue weighted by atomic mass is 10.0. The molecule has 1 heterocycles. The van der Waals surface area contributed by atoms with E-state index in [1.54, 1.807) is 11.0 Å². The SMILES string of the molecule is CC(C)(C)OC(=O)N1CCC(Nc2ccc(Br)cc2N/N=C(\C#N)C(=N)N)CC1. The van der Waals surface area contributed by atoms with Crippen molar-refractivity contribution in [3.05, 3.63) is 22.7 Å². The highest BCUT2D eigenvalue weighted by Gasteiger charge is 2.27. The Hall–Kier alpha value is -2.80. The molecular formula is C19H26BrN7O2. The molecule has 0 atom stereocenters. The highest BCUT2D eigenvalue weighted by atomic mass is 79.9. The molecule has 0 aromatic heterocycles. The van der Waals surface area contributed by atoms with Crippen LogP contribution in [-0.4, -0.2) is 47.3 Å². The van der Waals surface area contributed by atoms with Crippen LogP contribution in [0.2, 0.25) is 0 Å². The monoisotopic (exact) mass is 463 g/mol. The molecule has 1 fully saturated rings. The molecule has 1 amide bonds. The van der Waals surface area contributed by atoms with Crippen molar-refractivity contribution in [1.29, 1.82) is 10.7 Å². The molecule has 9 nitrogen and oxygen atoms in total. The Balaban J connectivity index is 2.02. The molecule has 1 aliphatic heterocycles. The summed E-state index contributed by atoms with van der Waals surface area (Å²) < 4.78 is 6.27. The van der Waals surface area contributed by atoms with Crippen LogP contribution in [0.3, 0.4) is 0 Å². The molecule has 0 spiro atoms. The van der Waals surface area contributed by atoms with Crippen LogP contribution < -0.4 is 16.5 Å². The molecule has 10 heteroatoms. The van der Waals surface area contributed by atoms with Gasteiger partial charge in [0.1, 0.15) is 11.7 Å². The molecule has 1 aromatic rings. The van der Waals surface area contributed by atoms with Crippen molar-refractivity contribution in [2.24, 2.45) is 10.8 Å². The van der Waals surface area contributed by atoms with Crippen molar-refractivity contribution in [2.75, 3.05) is 23.8 Å². The Morgan fingerprint density at radius 2 is 2.03 bits per heavy atom. The molecule has 5 N–H and O–H groups in total. The van der Waals surface area contributed by atoms with Gasteiger partial charge in [-0.3, -0.25) is 10.8 Å². The Labute approximate surface area is 178 Å². The Bertz CT molecular complexity index is 834. The number of benzene rings is 1. The van der Waals surface area contributed by atoms with Gasteiger partial charge in [0.15, 0.2) is 5.84 Å². The first-order valence-corrected chi connectivity index (χ1v) is 10.0. The van der Waals surface area contributed by atoms with E-state index in [1.807, 2.05) is 39.0 Å². The number of nitrogens with one attached hydrogen (secondary N) is 3. The van der Waals surface area contributed by atoms with E-state index >= 15 is 0 Å². The highest BCUT2D eigenvalue weighted by Crippen LogP contribution is 2.28. The Morgan fingerprint density at radius 3 is 2.59 bits per heavy atom. The van der Waals surface area contributed by atoms with Gasteiger partial charge in [0, 0.05) is 23.6 Å². The number of nitrogens with zero attached hydrogens (tertiary/aromatic N) is 3. The number of amides is 1. The molecule has 0 saturated carbocycles. The van der Waals surface area contributed by atoms with Gasteiger partial charge in [-0.05, 0) is 51.8 Å². The molecule has 0 unspecified atom stereocenters. The number of carbonyl (C=O) groups excluding carboxylic acids is 1. The van der Waals surface area contributed by atoms with Gasteiger partial charge >= 0.3 is 6.09 Å². The summed E-state index contributed by atoms with van der Waals surface area (Å²) in [6, 6.07) is 7.54. The van der Waals surface area contributed by atoms with Crippen molar-refractivity contribution >= 4 is 44.9 Å². The van der Waals surface area contributed by atoms with Crippen molar-refractivity contribution in [3.8, 4) is 6.07 Å². The maximum absolute atomic E-state index is 12.2. The van der Waals surface area contributed by atoms with Crippen molar-refractivity contribution in [1.82, 2.24) is 4.90 Å². The fraction of sp³-hybridized carbons (Fsp3) is 0.474. The number of halogens is 1. The van der Waals surface area contributed by atoms with E-state index in [4.69, 9.17) is 21.1 Å². The van der Waals surface area contributed by atoms with Gasteiger partial charge in [-0.15, -0.1) is 0 Å². The molecule has 29 heavy (non-hydrogen) atoms. The molecule has 1 saturated heterocycles. The molecule has 0 bridgehead atoms. The number of nitriles is 1. The second-order valence-electron chi connectivity index (χ2n) is 7.67. The third kappa shape index (κ3) is 6.94. The van der Waals surface area contributed by atoms with Crippen molar-refractivity contribution in [3.63, 3.8) is 0 Å². The first-order chi connectivity index (χ1) is 13.6. The molecule has 156 valence electrons. The van der Waals surface area contributed by atoms with E-state index in [2.05, 4.69) is 31.8 Å². The number of nitrogens with two attached hydrogens (primary N) is 1. The number of piperidine rings is 1. The molecule has 1 aliphatic rings. The maximum Gasteiger partial charge on any atom is 0.410 e. The zero-order valence-electron chi connectivity index (χ0n) is 16.8. The van der Waals surface area contributed by atoms with E-state index in [1.165, 1.54) is 0 Å². The van der Waals surface area contributed by atoms with Gasteiger partial charge in [-0.2, -0.15) is 10.4 Å². The van der Waals surface area contributed by atoms with Gasteiger partial charge in [0.2, 0.25) is 5.71 Å². The summed E-state index contributed by atoms with van der Waals surface area (Å²) in [5.74, 6) is -0.404.